The van der Waals surface area contributed by atoms with Crippen molar-refractivity contribution >= 4 is 33.7 Å². The van der Waals surface area contributed by atoms with Crippen LogP contribution in [-0.2, 0) is 16.5 Å². The lowest BCUT2D eigenvalue weighted by Crippen LogP contribution is -2.34. The van der Waals surface area contributed by atoms with E-state index < -0.39 is 9.84 Å². The predicted octanol–water partition coefficient (Wildman–Crippen LogP) is 4.11. The average molecular weight is 463 g/mol. The van der Waals surface area contributed by atoms with Gasteiger partial charge >= 0.3 is 0 Å². The number of hydrogen-bond acceptors (Lipinski definition) is 5. The normalized spacial score (nSPS) is 18.2. The summed E-state index contributed by atoms with van der Waals surface area (Å²) in [6, 6.07) is 15.6. The number of hydrogen-bond donors (Lipinski definition) is 0. The summed E-state index contributed by atoms with van der Waals surface area (Å²) in [6.45, 7) is 2.46. The zero-order valence-electron chi connectivity index (χ0n) is 16.8. The van der Waals surface area contributed by atoms with Crippen molar-refractivity contribution in [3.05, 3.63) is 63.9 Å². The maximum atomic E-state index is 11.9. The van der Waals surface area contributed by atoms with Gasteiger partial charge in [0.05, 0.1) is 23.9 Å². The fourth-order valence-corrected chi connectivity index (χ4v) is 5.88. The second-order valence-electron chi connectivity index (χ2n) is 7.74. The SMILES string of the molecule is Cc1ccc(-c2nn(CN(C)[C@H]3CCS(=O)(=O)C3)c(=S)n2-c2ccc(Cl)cc2)cc1. The summed E-state index contributed by atoms with van der Waals surface area (Å²) in [5, 5.41) is 5.46. The van der Waals surface area contributed by atoms with Crippen molar-refractivity contribution in [3.63, 3.8) is 0 Å². The number of benzene rings is 2. The first-order valence-electron chi connectivity index (χ1n) is 9.67. The van der Waals surface area contributed by atoms with Gasteiger partial charge in [-0.3, -0.25) is 9.47 Å². The van der Waals surface area contributed by atoms with E-state index in [1.165, 1.54) is 0 Å². The van der Waals surface area contributed by atoms with Gasteiger partial charge in [-0.1, -0.05) is 41.4 Å². The van der Waals surface area contributed by atoms with Crippen molar-refractivity contribution in [1.82, 2.24) is 19.2 Å². The Hall–Kier alpha value is -2.00. The van der Waals surface area contributed by atoms with Crippen molar-refractivity contribution in [2.75, 3.05) is 18.6 Å². The predicted molar refractivity (Wildman–Crippen MR) is 122 cm³/mol. The first kappa shape index (κ1) is 21.2. The highest BCUT2D eigenvalue weighted by atomic mass is 35.5. The van der Waals surface area contributed by atoms with E-state index >= 15 is 0 Å². The zero-order valence-corrected chi connectivity index (χ0v) is 19.2. The van der Waals surface area contributed by atoms with Crippen molar-refractivity contribution in [2.24, 2.45) is 0 Å². The molecule has 30 heavy (non-hydrogen) atoms. The summed E-state index contributed by atoms with van der Waals surface area (Å²) in [6.07, 6.45) is 0.634. The topological polar surface area (TPSA) is 60.1 Å². The van der Waals surface area contributed by atoms with Crippen molar-refractivity contribution < 1.29 is 8.42 Å². The molecule has 1 saturated heterocycles. The average Bonchev–Trinajstić information content (AvgIpc) is 3.23. The molecule has 0 radical (unpaired) electrons. The number of halogens is 1. The van der Waals surface area contributed by atoms with Crippen LogP contribution < -0.4 is 0 Å². The molecule has 0 spiro atoms. The van der Waals surface area contributed by atoms with Crippen LogP contribution in [0.2, 0.25) is 5.02 Å². The highest BCUT2D eigenvalue weighted by Gasteiger charge is 2.31. The van der Waals surface area contributed by atoms with Crippen LogP contribution in [0.15, 0.2) is 48.5 Å². The highest BCUT2D eigenvalue weighted by Crippen LogP contribution is 2.25. The molecule has 1 aliphatic heterocycles. The van der Waals surface area contributed by atoms with E-state index in [1.54, 1.807) is 4.68 Å². The number of aryl methyl sites for hydroxylation is 1. The van der Waals surface area contributed by atoms with Gasteiger partial charge in [0.1, 0.15) is 0 Å². The van der Waals surface area contributed by atoms with E-state index in [4.69, 9.17) is 28.9 Å². The third-order valence-corrected chi connectivity index (χ3v) is 7.82. The quantitative estimate of drug-likeness (QED) is 0.534. The molecule has 2 aromatic carbocycles. The van der Waals surface area contributed by atoms with Crippen LogP contribution in [0.25, 0.3) is 17.1 Å². The van der Waals surface area contributed by atoms with Crippen molar-refractivity contribution in [1.29, 1.82) is 0 Å². The zero-order chi connectivity index (χ0) is 21.5. The largest absolute Gasteiger partial charge is 0.283 e. The first-order valence-corrected chi connectivity index (χ1v) is 12.3. The fourth-order valence-electron chi connectivity index (χ4n) is 3.66. The summed E-state index contributed by atoms with van der Waals surface area (Å²) >= 11 is 11.8. The van der Waals surface area contributed by atoms with E-state index in [9.17, 15) is 8.42 Å². The Morgan fingerprint density at radius 2 is 1.83 bits per heavy atom. The van der Waals surface area contributed by atoms with Gasteiger partial charge in [-0.2, -0.15) is 0 Å². The fraction of sp³-hybridized carbons (Fsp3) is 0.333. The lowest BCUT2D eigenvalue weighted by molar-refractivity contribution is 0.196. The van der Waals surface area contributed by atoms with Gasteiger partial charge in [-0.15, -0.1) is 5.10 Å². The molecule has 0 bridgehead atoms. The highest BCUT2D eigenvalue weighted by molar-refractivity contribution is 7.91. The van der Waals surface area contributed by atoms with Crippen molar-refractivity contribution in [2.45, 2.75) is 26.1 Å². The molecule has 0 N–H and O–H groups in total. The van der Waals surface area contributed by atoms with E-state index in [2.05, 4.69) is 0 Å². The summed E-state index contributed by atoms with van der Waals surface area (Å²) in [4.78, 5) is 2.01. The monoisotopic (exact) mass is 462 g/mol. The molecule has 0 amide bonds. The van der Waals surface area contributed by atoms with Gasteiger partial charge in [0, 0.05) is 16.6 Å². The molecule has 3 aromatic rings. The van der Waals surface area contributed by atoms with Crippen molar-refractivity contribution in [3.8, 4) is 17.1 Å². The summed E-state index contributed by atoms with van der Waals surface area (Å²) < 4.78 is 27.9. The molecule has 4 rings (SSSR count). The lowest BCUT2D eigenvalue weighted by Gasteiger charge is -2.22. The van der Waals surface area contributed by atoms with Gasteiger partial charge in [-0.25, -0.2) is 13.1 Å². The molecule has 0 saturated carbocycles. The van der Waals surface area contributed by atoms with E-state index in [1.807, 2.05) is 72.0 Å². The summed E-state index contributed by atoms with van der Waals surface area (Å²) in [7, 11) is -1.04. The minimum absolute atomic E-state index is 0.0274. The molecule has 9 heteroatoms. The molecule has 6 nitrogen and oxygen atoms in total. The Morgan fingerprint density at radius 1 is 1.17 bits per heavy atom. The maximum absolute atomic E-state index is 11.9. The Kier molecular flexibility index (Phi) is 5.85. The standard InChI is InChI=1S/C21H23ClN4O2S2/c1-15-3-5-16(6-4-15)20-23-25(14-24(2)19-11-12-30(27,28)13-19)21(29)26(20)18-9-7-17(22)8-10-18/h3-10,19H,11-14H2,1-2H3/t19-/m0/s1. The van der Waals surface area contributed by atoms with E-state index in [0.717, 1.165) is 22.6 Å². The van der Waals surface area contributed by atoms with Gasteiger partial charge in [-0.05, 0) is 56.9 Å². The Balaban J connectivity index is 1.75. The summed E-state index contributed by atoms with van der Waals surface area (Å²) in [5.74, 6) is 1.15. The first-order chi connectivity index (χ1) is 14.2. The maximum Gasteiger partial charge on any atom is 0.204 e. The molecule has 1 fully saturated rings. The van der Waals surface area contributed by atoms with E-state index in [0.29, 0.717) is 22.9 Å². The summed E-state index contributed by atoms with van der Waals surface area (Å²) in [5.41, 5.74) is 2.99. The Morgan fingerprint density at radius 3 is 2.43 bits per heavy atom. The van der Waals surface area contributed by atoms with Crippen LogP contribution in [0.5, 0.6) is 0 Å². The van der Waals surface area contributed by atoms with Crippen LogP contribution in [0.3, 0.4) is 0 Å². The van der Waals surface area contributed by atoms with Crippen LogP contribution >= 0.6 is 23.8 Å². The second kappa shape index (κ2) is 8.26. The third-order valence-electron chi connectivity index (χ3n) is 5.42. The minimum Gasteiger partial charge on any atom is -0.283 e. The van der Waals surface area contributed by atoms with Crippen LogP contribution in [0.1, 0.15) is 12.0 Å². The molecule has 0 aliphatic carbocycles. The smallest absolute Gasteiger partial charge is 0.204 e. The number of nitrogens with zero attached hydrogens (tertiary/aromatic N) is 4. The van der Waals surface area contributed by atoms with Gasteiger partial charge in [0.15, 0.2) is 15.7 Å². The van der Waals surface area contributed by atoms with E-state index in [-0.39, 0.29) is 17.5 Å². The molecular formula is C21H23ClN4O2S2. The van der Waals surface area contributed by atoms with Gasteiger partial charge in [0.2, 0.25) is 4.77 Å². The molecule has 2 heterocycles. The molecule has 158 valence electrons. The Labute approximate surface area is 186 Å². The number of rotatable bonds is 5. The van der Waals surface area contributed by atoms with Crippen LogP contribution in [-0.4, -0.2) is 52.3 Å². The molecule has 0 unspecified atom stereocenters. The van der Waals surface area contributed by atoms with Gasteiger partial charge < -0.3 is 0 Å². The Bertz CT molecular complexity index is 1220. The number of sulfone groups is 1. The molecule has 1 atom stereocenters. The van der Waals surface area contributed by atoms with Crippen LogP contribution in [0.4, 0.5) is 0 Å². The molecule has 1 aliphatic rings. The minimum atomic E-state index is -2.96. The molecular weight excluding hydrogens is 440 g/mol. The molecule has 1 aromatic heterocycles. The number of aromatic nitrogens is 3. The van der Waals surface area contributed by atoms with Crippen LogP contribution in [0, 0.1) is 11.7 Å². The van der Waals surface area contributed by atoms with Gasteiger partial charge in [0.25, 0.3) is 0 Å². The second-order valence-corrected chi connectivity index (χ2v) is 10.8. The third kappa shape index (κ3) is 4.37. The lowest BCUT2D eigenvalue weighted by atomic mass is 10.1.